The lowest BCUT2D eigenvalue weighted by Crippen LogP contribution is -2.30. The van der Waals surface area contributed by atoms with Crippen molar-refractivity contribution in [2.45, 2.75) is 26.2 Å². The Hall–Kier alpha value is -1.91. The van der Waals surface area contributed by atoms with E-state index in [1.54, 1.807) is 18.2 Å². The van der Waals surface area contributed by atoms with E-state index in [-0.39, 0.29) is 24.7 Å². The predicted octanol–water partition coefficient (Wildman–Crippen LogP) is 1.99. The number of nitrogens with one attached hydrogen (secondary N) is 1. The average Bonchev–Trinajstić information content (AvgIpc) is 2.36. The van der Waals surface area contributed by atoms with Crippen molar-refractivity contribution < 1.29 is 19.1 Å². The van der Waals surface area contributed by atoms with E-state index in [9.17, 15) is 14.0 Å². The molecule has 0 fully saturated rings. The van der Waals surface area contributed by atoms with Crippen molar-refractivity contribution in [1.82, 2.24) is 5.32 Å². The summed E-state index contributed by atoms with van der Waals surface area (Å²) >= 11 is 0. The topological polar surface area (TPSA) is 66.4 Å². The molecule has 1 atom stereocenters. The van der Waals surface area contributed by atoms with Crippen molar-refractivity contribution in [1.29, 1.82) is 0 Å². The minimum absolute atomic E-state index is 0.00166. The summed E-state index contributed by atoms with van der Waals surface area (Å²) in [4.78, 5) is 22.0. The summed E-state index contributed by atoms with van der Waals surface area (Å²) in [5.41, 5.74) is 0.359. The molecule has 0 aliphatic rings. The molecular formula is C14H18FNO3. The van der Waals surface area contributed by atoms with Crippen molar-refractivity contribution in [2.24, 2.45) is 5.92 Å². The van der Waals surface area contributed by atoms with Crippen LogP contribution in [0.3, 0.4) is 0 Å². The second-order valence-electron chi connectivity index (χ2n) is 4.61. The van der Waals surface area contributed by atoms with Gasteiger partial charge >= 0.3 is 5.97 Å². The van der Waals surface area contributed by atoms with Crippen LogP contribution in [0, 0.1) is 11.7 Å². The lowest BCUT2D eigenvalue weighted by molar-refractivity contribution is -0.137. The Kier molecular flexibility index (Phi) is 5.99. The summed E-state index contributed by atoms with van der Waals surface area (Å²) in [5, 5.41) is 11.2. The fraction of sp³-hybridized carbons (Fsp3) is 0.429. The summed E-state index contributed by atoms with van der Waals surface area (Å²) in [6.45, 7) is 2.27. The van der Waals surface area contributed by atoms with Gasteiger partial charge < -0.3 is 10.4 Å². The van der Waals surface area contributed by atoms with Gasteiger partial charge in [-0.3, -0.25) is 9.59 Å². The number of carboxylic acids is 1. The number of rotatable bonds is 7. The van der Waals surface area contributed by atoms with Gasteiger partial charge in [-0.1, -0.05) is 25.1 Å². The number of benzene rings is 1. The second-order valence-corrected chi connectivity index (χ2v) is 4.61. The summed E-state index contributed by atoms with van der Waals surface area (Å²) in [7, 11) is 0. The molecule has 1 rings (SSSR count). The molecule has 0 aromatic heterocycles. The first kappa shape index (κ1) is 15.1. The van der Waals surface area contributed by atoms with E-state index < -0.39 is 11.8 Å². The van der Waals surface area contributed by atoms with Gasteiger partial charge in [0.2, 0.25) is 5.91 Å². The monoisotopic (exact) mass is 267 g/mol. The molecule has 0 radical (unpaired) electrons. The van der Waals surface area contributed by atoms with Crippen LogP contribution in [-0.2, 0) is 16.0 Å². The minimum atomic E-state index is -0.843. The highest BCUT2D eigenvalue weighted by Gasteiger charge is 2.10. The van der Waals surface area contributed by atoms with E-state index in [2.05, 4.69) is 5.32 Å². The largest absolute Gasteiger partial charge is 0.481 e. The van der Waals surface area contributed by atoms with E-state index in [4.69, 9.17) is 5.11 Å². The molecule has 0 saturated carbocycles. The number of carbonyl (C=O) groups excluding carboxylic acids is 1. The van der Waals surface area contributed by atoms with E-state index in [1.807, 2.05) is 6.92 Å². The molecule has 2 N–H and O–H groups in total. The zero-order valence-corrected chi connectivity index (χ0v) is 10.9. The van der Waals surface area contributed by atoms with Gasteiger partial charge in [0.05, 0.1) is 6.42 Å². The van der Waals surface area contributed by atoms with Crippen molar-refractivity contribution in [3.05, 3.63) is 35.6 Å². The lowest BCUT2D eigenvalue weighted by atomic mass is 10.1. The molecule has 5 heteroatoms. The summed E-state index contributed by atoms with van der Waals surface area (Å²) in [5.74, 6) is -1.41. The van der Waals surface area contributed by atoms with Gasteiger partial charge in [0.1, 0.15) is 5.82 Å². The molecular weight excluding hydrogens is 249 g/mol. The number of carboxylic acid groups (broad SMARTS) is 1. The molecule has 0 aliphatic carbocycles. The van der Waals surface area contributed by atoms with Gasteiger partial charge in [-0.15, -0.1) is 0 Å². The van der Waals surface area contributed by atoms with Gasteiger partial charge in [0, 0.05) is 13.0 Å². The van der Waals surface area contributed by atoms with E-state index >= 15 is 0 Å². The zero-order valence-electron chi connectivity index (χ0n) is 10.9. The fourth-order valence-corrected chi connectivity index (χ4v) is 1.64. The molecule has 0 spiro atoms. The van der Waals surface area contributed by atoms with Crippen LogP contribution in [0.2, 0.25) is 0 Å². The lowest BCUT2D eigenvalue weighted by Gasteiger charge is -2.11. The summed E-state index contributed by atoms with van der Waals surface area (Å²) in [6, 6.07) is 6.15. The highest BCUT2D eigenvalue weighted by atomic mass is 19.1. The maximum Gasteiger partial charge on any atom is 0.303 e. The molecule has 0 bridgehead atoms. The van der Waals surface area contributed by atoms with Crippen molar-refractivity contribution in [2.75, 3.05) is 6.54 Å². The normalized spacial score (nSPS) is 11.9. The minimum Gasteiger partial charge on any atom is -0.481 e. The van der Waals surface area contributed by atoms with E-state index in [0.717, 1.165) is 0 Å². The molecule has 1 amide bonds. The maximum atomic E-state index is 13.3. The number of halogens is 1. The Morgan fingerprint density at radius 3 is 2.68 bits per heavy atom. The van der Waals surface area contributed by atoms with Crippen LogP contribution in [0.15, 0.2) is 24.3 Å². The third-order valence-corrected chi connectivity index (χ3v) is 2.81. The Morgan fingerprint density at radius 2 is 2.05 bits per heavy atom. The van der Waals surface area contributed by atoms with Gasteiger partial charge in [-0.2, -0.15) is 0 Å². The predicted molar refractivity (Wildman–Crippen MR) is 69.1 cm³/mol. The molecule has 1 aromatic rings. The smallest absolute Gasteiger partial charge is 0.303 e. The first-order chi connectivity index (χ1) is 8.99. The Morgan fingerprint density at radius 1 is 1.37 bits per heavy atom. The van der Waals surface area contributed by atoms with Crippen LogP contribution in [-0.4, -0.2) is 23.5 Å². The van der Waals surface area contributed by atoms with Crippen LogP contribution in [0.5, 0.6) is 0 Å². The SMILES string of the molecule is CC(CCC(=O)O)CNC(=O)Cc1ccccc1F. The Labute approximate surface area is 111 Å². The maximum absolute atomic E-state index is 13.3. The van der Waals surface area contributed by atoms with Crippen molar-refractivity contribution in [3.63, 3.8) is 0 Å². The third kappa shape index (κ3) is 5.99. The molecule has 4 nitrogen and oxygen atoms in total. The molecule has 19 heavy (non-hydrogen) atoms. The van der Waals surface area contributed by atoms with Crippen molar-refractivity contribution in [3.8, 4) is 0 Å². The molecule has 0 heterocycles. The zero-order chi connectivity index (χ0) is 14.3. The highest BCUT2D eigenvalue weighted by molar-refractivity contribution is 5.78. The number of hydrogen-bond acceptors (Lipinski definition) is 2. The van der Waals surface area contributed by atoms with E-state index in [0.29, 0.717) is 18.5 Å². The molecule has 0 aliphatic heterocycles. The Balaban J connectivity index is 2.32. The number of aliphatic carboxylic acids is 1. The number of carbonyl (C=O) groups is 2. The molecule has 1 unspecified atom stereocenters. The van der Waals surface area contributed by atoms with E-state index in [1.165, 1.54) is 6.07 Å². The third-order valence-electron chi connectivity index (χ3n) is 2.81. The molecule has 104 valence electrons. The quantitative estimate of drug-likeness (QED) is 0.794. The van der Waals surface area contributed by atoms with Crippen LogP contribution in [0.1, 0.15) is 25.3 Å². The average molecular weight is 267 g/mol. The first-order valence-corrected chi connectivity index (χ1v) is 6.21. The van der Waals surface area contributed by atoms with Gasteiger partial charge in [-0.25, -0.2) is 4.39 Å². The van der Waals surface area contributed by atoms with Crippen molar-refractivity contribution >= 4 is 11.9 Å². The van der Waals surface area contributed by atoms with Gasteiger partial charge in [-0.05, 0) is 24.0 Å². The standard InChI is InChI=1S/C14H18FNO3/c1-10(6-7-14(18)19)9-16-13(17)8-11-4-2-3-5-12(11)15/h2-5,10H,6-9H2,1H3,(H,16,17)(H,18,19). The van der Waals surface area contributed by atoms with Crippen LogP contribution in [0.25, 0.3) is 0 Å². The fourth-order valence-electron chi connectivity index (χ4n) is 1.64. The van der Waals surface area contributed by atoms with Crippen LogP contribution >= 0.6 is 0 Å². The van der Waals surface area contributed by atoms with Crippen LogP contribution in [0.4, 0.5) is 4.39 Å². The summed E-state index contributed by atoms with van der Waals surface area (Å²) < 4.78 is 13.3. The van der Waals surface area contributed by atoms with Gasteiger partial charge in [0.15, 0.2) is 0 Å². The highest BCUT2D eigenvalue weighted by Crippen LogP contribution is 2.07. The number of amides is 1. The number of hydrogen-bond donors (Lipinski definition) is 2. The summed E-state index contributed by atoms with van der Waals surface area (Å²) in [6.07, 6.45) is 0.595. The molecule has 1 aromatic carbocycles. The van der Waals surface area contributed by atoms with Gasteiger partial charge in [0.25, 0.3) is 0 Å². The second kappa shape index (κ2) is 7.51. The van der Waals surface area contributed by atoms with Crippen LogP contribution < -0.4 is 5.32 Å². The molecule has 0 saturated heterocycles. The Bertz CT molecular complexity index is 448. The first-order valence-electron chi connectivity index (χ1n) is 6.21.